The smallest absolute Gasteiger partial charge is 0.183 e. The number of rotatable bonds is 6. The number of pyridine rings is 1. The maximum atomic E-state index is 10.3. The Morgan fingerprint density at radius 3 is 2.68 bits per heavy atom. The van der Waals surface area contributed by atoms with Crippen molar-refractivity contribution in [3.8, 4) is 11.5 Å². The first kappa shape index (κ1) is 14.1. The van der Waals surface area contributed by atoms with Gasteiger partial charge >= 0.3 is 0 Å². The Kier molecular flexibility index (Phi) is 4.61. The minimum atomic E-state index is -0.550. The standard InChI is InChI=1S/C14H22N2O3/c1-18-12-5-8-16-11(13(12)19-2)9-15-10-14(17)6-3-4-7-14/h5,8,15,17H,3-4,6-7,9-10H2,1-2H3. The molecule has 5 nitrogen and oxygen atoms in total. The zero-order valence-electron chi connectivity index (χ0n) is 11.6. The molecule has 5 heteroatoms. The lowest BCUT2D eigenvalue weighted by atomic mass is 10.0. The van der Waals surface area contributed by atoms with Crippen molar-refractivity contribution in [1.29, 1.82) is 0 Å². The van der Waals surface area contributed by atoms with E-state index in [0.29, 0.717) is 24.6 Å². The third-order valence-electron chi connectivity index (χ3n) is 3.65. The van der Waals surface area contributed by atoms with Crippen molar-refractivity contribution in [2.75, 3.05) is 20.8 Å². The molecule has 2 N–H and O–H groups in total. The van der Waals surface area contributed by atoms with E-state index in [9.17, 15) is 5.11 Å². The van der Waals surface area contributed by atoms with Gasteiger partial charge in [0.05, 0.1) is 25.5 Å². The van der Waals surface area contributed by atoms with Crippen molar-refractivity contribution >= 4 is 0 Å². The molecule has 0 amide bonds. The predicted octanol–water partition coefficient (Wildman–Crippen LogP) is 1.49. The largest absolute Gasteiger partial charge is 0.493 e. The second-order valence-corrected chi connectivity index (χ2v) is 5.03. The highest BCUT2D eigenvalue weighted by atomic mass is 16.5. The normalized spacial score (nSPS) is 17.4. The molecule has 19 heavy (non-hydrogen) atoms. The number of nitrogens with one attached hydrogen (secondary N) is 1. The average Bonchev–Trinajstić information content (AvgIpc) is 2.85. The van der Waals surface area contributed by atoms with Gasteiger partial charge in [0.25, 0.3) is 0 Å². The third kappa shape index (κ3) is 3.36. The Bertz CT molecular complexity index is 417. The molecule has 0 bridgehead atoms. The molecule has 0 saturated heterocycles. The van der Waals surface area contributed by atoms with Crippen molar-refractivity contribution in [2.24, 2.45) is 0 Å². The van der Waals surface area contributed by atoms with Crippen LogP contribution in [0.15, 0.2) is 12.3 Å². The average molecular weight is 266 g/mol. The maximum absolute atomic E-state index is 10.3. The van der Waals surface area contributed by atoms with Gasteiger partial charge in [-0.15, -0.1) is 0 Å². The van der Waals surface area contributed by atoms with Crippen LogP contribution in [0.25, 0.3) is 0 Å². The van der Waals surface area contributed by atoms with Gasteiger partial charge in [-0.2, -0.15) is 0 Å². The Balaban J connectivity index is 1.95. The van der Waals surface area contributed by atoms with Crippen LogP contribution in [-0.2, 0) is 6.54 Å². The number of hydrogen-bond donors (Lipinski definition) is 2. The second kappa shape index (κ2) is 6.21. The summed E-state index contributed by atoms with van der Waals surface area (Å²) >= 11 is 0. The topological polar surface area (TPSA) is 63.6 Å². The van der Waals surface area contributed by atoms with E-state index in [1.165, 1.54) is 0 Å². The van der Waals surface area contributed by atoms with Gasteiger partial charge in [0.1, 0.15) is 0 Å². The summed E-state index contributed by atoms with van der Waals surface area (Å²) in [5, 5.41) is 13.5. The Hall–Kier alpha value is -1.33. The van der Waals surface area contributed by atoms with Gasteiger partial charge in [-0.1, -0.05) is 12.8 Å². The van der Waals surface area contributed by atoms with E-state index in [1.54, 1.807) is 26.5 Å². The number of aliphatic hydroxyl groups is 1. The molecule has 1 heterocycles. The molecular weight excluding hydrogens is 244 g/mol. The number of ether oxygens (including phenoxy) is 2. The molecule has 1 aromatic rings. The second-order valence-electron chi connectivity index (χ2n) is 5.03. The van der Waals surface area contributed by atoms with Gasteiger partial charge in [0, 0.05) is 25.4 Å². The Morgan fingerprint density at radius 2 is 2.05 bits per heavy atom. The van der Waals surface area contributed by atoms with Crippen LogP contribution in [0.2, 0.25) is 0 Å². The Labute approximate surface area is 114 Å². The van der Waals surface area contributed by atoms with Gasteiger partial charge < -0.3 is 19.9 Å². The van der Waals surface area contributed by atoms with E-state index in [2.05, 4.69) is 10.3 Å². The molecule has 1 fully saturated rings. The molecule has 0 atom stereocenters. The number of nitrogens with zero attached hydrogens (tertiary/aromatic N) is 1. The number of methoxy groups -OCH3 is 2. The van der Waals surface area contributed by atoms with E-state index in [-0.39, 0.29) is 0 Å². The molecule has 0 aromatic carbocycles. The van der Waals surface area contributed by atoms with Gasteiger partial charge in [0.15, 0.2) is 11.5 Å². The molecule has 0 aliphatic heterocycles. The summed E-state index contributed by atoms with van der Waals surface area (Å²) in [5.41, 5.74) is 0.245. The summed E-state index contributed by atoms with van der Waals surface area (Å²) in [7, 11) is 3.21. The van der Waals surface area contributed by atoms with Crippen LogP contribution >= 0.6 is 0 Å². The molecule has 1 aromatic heterocycles. The maximum Gasteiger partial charge on any atom is 0.183 e. The highest BCUT2D eigenvalue weighted by Crippen LogP contribution is 2.30. The summed E-state index contributed by atoms with van der Waals surface area (Å²) in [4.78, 5) is 4.30. The summed E-state index contributed by atoms with van der Waals surface area (Å²) in [6, 6.07) is 1.77. The van der Waals surface area contributed by atoms with Crippen molar-refractivity contribution < 1.29 is 14.6 Å². The molecular formula is C14H22N2O3. The van der Waals surface area contributed by atoms with Crippen molar-refractivity contribution in [3.63, 3.8) is 0 Å². The lowest BCUT2D eigenvalue weighted by Gasteiger charge is -2.22. The van der Waals surface area contributed by atoms with Crippen molar-refractivity contribution in [3.05, 3.63) is 18.0 Å². The SMILES string of the molecule is COc1ccnc(CNCC2(O)CCCC2)c1OC. The van der Waals surface area contributed by atoms with Crippen LogP contribution in [0, 0.1) is 0 Å². The van der Waals surface area contributed by atoms with Crippen LogP contribution in [0.3, 0.4) is 0 Å². The first-order valence-corrected chi connectivity index (χ1v) is 6.67. The van der Waals surface area contributed by atoms with E-state index in [1.807, 2.05) is 0 Å². The number of hydrogen-bond acceptors (Lipinski definition) is 5. The first-order valence-electron chi connectivity index (χ1n) is 6.67. The molecule has 1 saturated carbocycles. The molecule has 0 radical (unpaired) electrons. The molecule has 1 aliphatic rings. The van der Waals surface area contributed by atoms with Crippen LogP contribution < -0.4 is 14.8 Å². The summed E-state index contributed by atoms with van der Waals surface area (Å²) < 4.78 is 10.6. The van der Waals surface area contributed by atoms with Crippen LogP contribution in [0.1, 0.15) is 31.4 Å². The fourth-order valence-electron chi connectivity index (χ4n) is 2.60. The Morgan fingerprint density at radius 1 is 1.32 bits per heavy atom. The van der Waals surface area contributed by atoms with Crippen LogP contribution in [0.4, 0.5) is 0 Å². The fourth-order valence-corrected chi connectivity index (χ4v) is 2.60. The zero-order chi connectivity index (χ0) is 13.7. The van der Waals surface area contributed by atoms with E-state index in [0.717, 1.165) is 31.4 Å². The highest BCUT2D eigenvalue weighted by molar-refractivity contribution is 5.42. The molecule has 0 unspecified atom stereocenters. The summed E-state index contributed by atoms with van der Waals surface area (Å²) in [5.74, 6) is 1.32. The zero-order valence-corrected chi connectivity index (χ0v) is 11.6. The minimum Gasteiger partial charge on any atom is -0.493 e. The van der Waals surface area contributed by atoms with Crippen molar-refractivity contribution in [2.45, 2.75) is 37.8 Å². The minimum absolute atomic E-state index is 0.550. The van der Waals surface area contributed by atoms with Crippen LogP contribution in [-0.4, -0.2) is 36.5 Å². The van der Waals surface area contributed by atoms with E-state index in [4.69, 9.17) is 9.47 Å². The monoisotopic (exact) mass is 266 g/mol. The predicted molar refractivity (Wildman–Crippen MR) is 72.5 cm³/mol. The highest BCUT2D eigenvalue weighted by Gasteiger charge is 2.30. The summed E-state index contributed by atoms with van der Waals surface area (Å²) in [6.07, 6.45) is 5.67. The van der Waals surface area contributed by atoms with Gasteiger partial charge in [-0.05, 0) is 12.8 Å². The lowest BCUT2D eigenvalue weighted by Crippen LogP contribution is -2.37. The molecule has 1 aliphatic carbocycles. The lowest BCUT2D eigenvalue weighted by molar-refractivity contribution is 0.0473. The first-order chi connectivity index (χ1) is 9.18. The number of aromatic nitrogens is 1. The molecule has 2 rings (SSSR count). The van der Waals surface area contributed by atoms with E-state index >= 15 is 0 Å². The fraction of sp³-hybridized carbons (Fsp3) is 0.643. The van der Waals surface area contributed by atoms with Gasteiger partial charge in [-0.3, -0.25) is 4.98 Å². The molecule has 0 spiro atoms. The van der Waals surface area contributed by atoms with Crippen molar-refractivity contribution in [1.82, 2.24) is 10.3 Å². The summed E-state index contributed by atoms with van der Waals surface area (Å²) in [6.45, 7) is 1.15. The quantitative estimate of drug-likeness (QED) is 0.817. The van der Waals surface area contributed by atoms with Crippen LogP contribution in [0.5, 0.6) is 11.5 Å². The third-order valence-corrected chi connectivity index (χ3v) is 3.65. The molecule has 106 valence electrons. The van der Waals surface area contributed by atoms with Gasteiger partial charge in [-0.25, -0.2) is 0 Å². The van der Waals surface area contributed by atoms with E-state index < -0.39 is 5.60 Å². The van der Waals surface area contributed by atoms with Gasteiger partial charge in [0.2, 0.25) is 0 Å².